The van der Waals surface area contributed by atoms with Crippen molar-refractivity contribution in [2.45, 2.75) is 12.8 Å². The van der Waals surface area contributed by atoms with Gasteiger partial charge in [-0.2, -0.15) is 0 Å². The zero-order valence-electron chi connectivity index (χ0n) is 8.72. The van der Waals surface area contributed by atoms with Crippen molar-refractivity contribution in [3.63, 3.8) is 0 Å². The summed E-state index contributed by atoms with van der Waals surface area (Å²) in [5.74, 6) is -1.33. The summed E-state index contributed by atoms with van der Waals surface area (Å²) in [6, 6.07) is 1.46. The van der Waals surface area contributed by atoms with Crippen molar-refractivity contribution in [1.82, 2.24) is 9.88 Å². The Labute approximate surface area is 92.7 Å². The topological polar surface area (TPSA) is 70.5 Å². The Morgan fingerprint density at radius 2 is 1.94 bits per heavy atom. The van der Waals surface area contributed by atoms with Crippen LogP contribution in [0.5, 0.6) is 0 Å². The molecular weight excluding hydrogens is 208 g/mol. The van der Waals surface area contributed by atoms with Gasteiger partial charge in [-0.15, -0.1) is 0 Å². The highest BCUT2D eigenvalue weighted by molar-refractivity contribution is 6.04. The molecule has 1 aromatic rings. The van der Waals surface area contributed by atoms with Crippen LogP contribution in [-0.2, 0) is 0 Å². The van der Waals surface area contributed by atoms with Crippen molar-refractivity contribution in [3.05, 3.63) is 29.6 Å². The largest absolute Gasteiger partial charge is 0.478 e. The number of likely N-dealkylation sites (tertiary alicyclic amines) is 1. The molecule has 0 aliphatic carbocycles. The summed E-state index contributed by atoms with van der Waals surface area (Å²) in [6.07, 6.45) is 4.62. The third-order valence-electron chi connectivity index (χ3n) is 2.68. The molecule has 0 unspecified atom stereocenters. The zero-order chi connectivity index (χ0) is 11.5. The lowest BCUT2D eigenvalue weighted by Crippen LogP contribution is -2.29. The smallest absolute Gasteiger partial charge is 0.338 e. The molecule has 5 heteroatoms. The highest BCUT2D eigenvalue weighted by Gasteiger charge is 2.23. The van der Waals surface area contributed by atoms with E-state index in [1.54, 1.807) is 4.90 Å². The molecule has 1 amide bonds. The minimum Gasteiger partial charge on any atom is -0.478 e. The molecule has 1 aliphatic heterocycles. The van der Waals surface area contributed by atoms with E-state index in [0.717, 1.165) is 12.8 Å². The van der Waals surface area contributed by atoms with E-state index in [2.05, 4.69) is 4.98 Å². The number of hydrogen-bond acceptors (Lipinski definition) is 3. The Morgan fingerprint density at radius 3 is 2.56 bits per heavy atom. The first-order valence-electron chi connectivity index (χ1n) is 5.16. The van der Waals surface area contributed by atoms with Gasteiger partial charge in [-0.3, -0.25) is 9.78 Å². The summed E-state index contributed by atoms with van der Waals surface area (Å²) in [5, 5.41) is 8.95. The first kappa shape index (κ1) is 10.6. The van der Waals surface area contributed by atoms with Gasteiger partial charge < -0.3 is 10.0 Å². The molecular formula is C11H12N2O3. The number of carbonyl (C=O) groups is 2. The normalized spacial score (nSPS) is 15.1. The monoisotopic (exact) mass is 220 g/mol. The number of aromatic carboxylic acids is 1. The molecule has 2 rings (SSSR count). The molecule has 1 fully saturated rings. The Bertz CT molecular complexity index is 425. The molecule has 1 aliphatic rings. The van der Waals surface area contributed by atoms with Gasteiger partial charge in [-0.25, -0.2) is 4.79 Å². The lowest BCUT2D eigenvalue weighted by Gasteiger charge is -2.16. The quantitative estimate of drug-likeness (QED) is 0.807. The highest BCUT2D eigenvalue weighted by atomic mass is 16.4. The van der Waals surface area contributed by atoms with Crippen LogP contribution < -0.4 is 0 Å². The van der Waals surface area contributed by atoms with Crippen LogP contribution in [0, 0.1) is 0 Å². The maximum atomic E-state index is 12.0. The van der Waals surface area contributed by atoms with Gasteiger partial charge in [0.25, 0.3) is 5.91 Å². The lowest BCUT2D eigenvalue weighted by molar-refractivity contribution is 0.0680. The van der Waals surface area contributed by atoms with Gasteiger partial charge in [0.15, 0.2) is 0 Å². The van der Waals surface area contributed by atoms with Crippen LogP contribution in [0.25, 0.3) is 0 Å². The molecule has 0 radical (unpaired) electrons. The molecule has 1 aromatic heterocycles. The Kier molecular flexibility index (Phi) is 2.85. The van der Waals surface area contributed by atoms with E-state index in [4.69, 9.17) is 5.11 Å². The third-order valence-corrected chi connectivity index (χ3v) is 2.68. The van der Waals surface area contributed by atoms with Crippen LogP contribution >= 0.6 is 0 Å². The van der Waals surface area contributed by atoms with Crippen LogP contribution in [-0.4, -0.2) is 40.0 Å². The number of aromatic nitrogens is 1. The molecule has 5 nitrogen and oxygen atoms in total. The van der Waals surface area contributed by atoms with Crippen LogP contribution in [0.2, 0.25) is 0 Å². The predicted molar refractivity (Wildman–Crippen MR) is 56.3 cm³/mol. The van der Waals surface area contributed by atoms with Crippen molar-refractivity contribution in [2.75, 3.05) is 13.1 Å². The molecule has 84 valence electrons. The Hall–Kier alpha value is -1.91. The number of carboxylic acids is 1. The first-order valence-corrected chi connectivity index (χ1v) is 5.16. The van der Waals surface area contributed by atoms with Gasteiger partial charge in [0.2, 0.25) is 0 Å². The number of amides is 1. The van der Waals surface area contributed by atoms with Crippen molar-refractivity contribution in [3.8, 4) is 0 Å². The summed E-state index contributed by atoms with van der Waals surface area (Å²) in [7, 11) is 0. The first-order chi connectivity index (χ1) is 7.70. The SMILES string of the molecule is O=C(O)c1cnccc1C(=O)N1CCCC1. The Morgan fingerprint density at radius 1 is 1.25 bits per heavy atom. The van der Waals surface area contributed by atoms with Crippen molar-refractivity contribution < 1.29 is 14.7 Å². The van der Waals surface area contributed by atoms with Gasteiger partial charge in [0.1, 0.15) is 0 Å². The molecule has 16 heavy (non-hydrogen) atoms. The summed E-state index contributed by atoms with van der Waals surface area (Å²) < 4.78 is 0. The van der Waals surface area contributed by atoms with Crippen LogP contribution in [0.3, 0.4) is 0 Å². The highest BCUT2D eigenvalue weighted by Crippen LogP contribution is 2.15. The maximum Gasteiger partial charge on any atom is 0.338 e. The van der Waals surface area contributed by atoms with E-state index in [9.17, 15) is 9.59 Å². The molecule has 1 saturated heterocycles. The fourth-order valence-corrected chi connectivity index (χ4v) is 1.84. The molecule has 1 N–H and O–H groups in total. The average Bonchev–Trinajstić information content (AvgIpc) is 2.81. The number of nitrogens with zero attached hydrogens (tertiary/aromatic N) is 2. The number of hydrogen-bond donors (Lipinski definition) is 1. The third kappa shape index (κ3) is 1.88. The maximum absolute atomic E-state index is 12.0. The van der Waals surface area contributed by atoms with E-state index in [1.165, 1.54) is 18.5 Å². The summed E-state index contributed by atoms with van der Waals surface area (Å²) in [6.45, 7) is 1.42. The molecule has 0 saturated carbocycles. The van der Waals surface area contributed by atoms with Gasteiger partial charge in [-0.05, 0) is 18.9 Å². The average molecular weight is 220 g/mol. The molecule has 0 aromatic carbocycles. The lowest BCUT2D eigenvalue weighted by atomic mass is 10.1. The van der Waals surface area contributed by atoms with E-state index in [1.807, 2.05) is 0 Å². The minimum atomic E-state index is -1.12. The van der Waals surface area contributed by atoms with Crippen molar-refractivity contribution in [2.24, 2.45) is 0 Å². The number of carbonyl (C=O) groups excluding carboxylic acids is 1. The van der Waals surface area contributed by atoms with E-state index >= 15 is 0 Å². The standard InChI is InChI=1S/C11H12N2O3/c14-10(13-5-1-2-6-13)8-3-4-12-7-9(8)11(15)16/h3-4,7H,1-2,5-6H2,(H,15,16). The molecule has 0 atom stereocenters. The van der Waals surface area contributed by atoms with E-state index in [0.29, 0.717) is 13.1 Å². The fourth-order valence-electron chi connectivity index (χ4n) is 1.84. The second-order valence-electron chi connectivity index (χ2n) is 3.73. The minimum absolute atomic E-state index is 0.0283. The summed E-state index contributed by atoms with van der Waals surface area (Å²) in [4.78, 5) is 28.3. The second kappa shape index (κ2) is 4.30. The fraction of sp³-hybridized carbons (Fsp3) is 0.364. The van der Waals surface area contributed by atoms with E-state index in [-0.39, 0.29) is 17.0 Å². The molecule has 0 bridgehead atoms. The van der Waals surface area contributed by atoms with Crippen LogP contribution in [0.15, 0.2) is 18.5 Å². The zero-order valence-corrected chi connectivity index (χ0v) is 8.72. The van der Waals surface area contributed by atoms with Crippen molar-refractivity contribution in [1.29, 1.82) is 0 Å². The number of rotatable bonds is 2. The summed E-state index contributed by atoms with van der Waals surface area (Å²) >= 11 is 0. The Balaban J connectivity index is 2.32. The van der Waals surface area contributed by atoms with Crippen molar-refractivity contribution >= 4 is 11.9 Å². The molecule has 2 heterocycles. The molecule has 0 spiro atoms. The van der Waals surface area contributed by atoms with E-state index < -0.39 is 5.97 Å². The van der Waals surface area contributed by atoms with Gasteiger partial charge in [-0.1, -0.05) is 0 Å². The number of pyridine rings is 1. The predicted octanol–water partition coefficient (Wildman–Crippen LogP) is 1.02. The van der Waals surface area contributed by atoms with Crippen LogP contribution in [0.1, 0.15) is 33.6 Å². The van der Waals surface area contributed by atoms with Crippen LogP contribution in [0.4, 0.5) is 0 Å². The van der Waals surface area contributed by atoms with Gasteiger partial charge >= 0.3 is 5.97 Å². The van der Waals surface area contributed by atoms with Gasteiger partial charge in [0, 0.05) is 25.5 Å². The summed E-state index contributed by atoms with van der Waals surface area (Å²) in [5.41, 5.74) is 0.198. The number of carboxylic acid groups (broad SMARTS) is 1. The van der Waals surface area contributed by atoms with Gasteiger partial charge in [0.05, 0.1) is 11.1 Å². The second-order valence-corrected chi connectivity index (χ2v) is 3.73.